The van der Waals surface area contributed by atoms with E-state index in [-0.39, 0.29) is 17.4 Å². The molecular formula is C16H22F3N3O4S. The first-order chi connectivity index (χ1) is 12.3. The number of alkyl halides is 3. The molecule has 0 aliphatic heterocycles. The molecule has 1 aliphatic carbocycles. The Hall–Kier alpha value is -1.88. The van der Waals surface area contributed by atoms with Gasteiger partial charge in [0, 0.05) is 12.2 Å². The molecule has 1 aromatic rings. The third kappa shape index (κ3) is 4.52. The Balaban J connectivity index is 2.33. The monoisotopic (exact) mass is 409 g/mol. The molecule has 1 unspecified atom stereocenters. The molecule has 1 aliphatic rings. The molecule has 11 heteroatoms. The van der Waals surface area contributed by atoms with Crippen LogP contribution >= 0.6 is 0 Å². The molecule has 0 radical (unpaired) electrons. The van der Waals surface area contributed by atoms with Crippen molar-refractivity contribution >= 4 is 15.9 Å². The van der Waals surface area contributed by atoms with Crippen LogP contribution in [0.15, 0.2) is 18.3 Å². The van der Waals surface area contributed by atoms with Crippen LogP contribution in [0, 0.1) is 5.92 Å². The van der Waals surface area contributed by atoms with Gasteiger partial charge in [-0.1, -0.05) is 0 Å². The first-order valence-electron chi connectivity index (χ1n) is 8.27. The zero-order valence-corrected chi connectivity index (χ0v) is 16.0. The average molecular weight is 409 g/mol. The second kappa shape index (κ2) is 7.27. The molecule has 1 aromatic heterocycles. The van der Waals surface area contributed by atoms with Crippen LogP contribution in [0.2, 0.25) is 0 Å². The van der Waals surface area contributed by atoms with E-state index in [0.717, 1.165) is 0 Å². The fourth-order valence-electron chi connectivity index (χ4n) is 2.98. The zero-order chi connectivity index (χ0) is 20.6. The molecule has 27 heavy (non-hydrogen) atoms. The molecule has 1 fully saturated rings. The van der Waals surface area contributed by atoms with E-state index >= 15 is 0 Å². The number of primary amides is 1. The summed E-state index contributed by atoms with van der Waals surface area (Å²) in [6.07, 6.45) is 2.65. The number of rotatable bonds is 8. The predicted molar refractivity (Wildman–Crippen MR) is 91.3 cm³/mol. The lowest BCUT2D eigenvalue weighted by Gasteiger charge is -2.41. The smallest absolute Gasteiger partial charge is 0.475 e. The topological polar surface area (TPSA) is 103 Å². The van der Waals surface area contributed by atoms with Crippen molar-refractivity contribution < 1.29 is 31.1 Å². The largest absolute Gasteiger partial charge is 0.511 e. The van der Waals surface area contributed by atoms with E-state index in [2.05, 4.69) is 4.98 Å². The van der Waals surface area contributed by atoms with Gasteiger partial charge in [-0.3, -0.25) is 4.79 Å². The van der Waals surface area contributed by atoms with Gasteiger partial charge in [0.2, 0.25) is 5.88 Å². The number of carbonyl (C=O) groups excluding carboxylic acids is 1. The van der Waals surface area contributed by atoms with Crippen molar-refractivity contribution in [2.45, 2.75) is 50.7 Å². The number of ether oxygens (including phenoxy) is 1. The third-order valence-electron chi connectivity index (χ3n) is 4.42. The maximum absolute atomic E-state index is 13.2. The van der Waals surface area contributed by atoms with E-state index in [0.29, 0.717) is 17.1 Å². The van der Waals surface area contributed by atoms with E-state index in [1.807, 2.05) is 0 Å². The van der Waals surface area contributed by atoms with Crippen LogP contribution < -0.4 is 10.5 Å². The molecule has 1 atom stereocenters. The second-order valence-electron chi connectivity index (χ2n) is 7.15. The van der Waals surface area contributed by atoms with Gasteiger partial charge in [0.1, 0.15) is 12.2 Å². The highest BCUT2D eigenvalue weighted by Crippen LogP contribution is 2.42. The van der Waals surface area contributed by atoms with Gasteiger partial charge in [0.05, 0.1) is 5.54 Å². The minimum Gasteiger partial charge on any atom is -0.475 e. The molecule has 0 bridgehead atoms. The Morgan fingerprint density at radius 3 is 2.48 bits per heavy atom. The molecule has 2 N–H and O–H groups in total. The lowest BCUT2D eigenvalue weighted by molar-refractivity contribution is -0.0555. The number of nitrogens with two attached hydrogens (primary N) is 1. The normalized spacial score (nSPS) is 17.0. The molecule has 1 heterocycles. The van der Waals surface area contributed by atoms with Gasteiger partial charge in [-0.05, 0) is 51.7 Å². The van der Waals surface area contributed by atoms with Crippen molar-refractivity contribution in [3.8, 4) is 5.88 Å². The van der Waals surface area contributed by atoms with Gasteiger partial charge in [-0.2, -0.15) is 17.5 Å². The fraction of sp³-hybridized carbons (Fsp3) is 0.625. The number of hydrogen-bond donors (Lipinski definition) is 1. The van der Waals surface area contributed by atoms with Crippen LogP contribution in [0.3, 0.4) is 0 Å². The minimum atomic E-state index is -5.59. The zero-order valence-electron chi connectivity index (χ0n) is 15.2. The summed E-state index contributed by atoms with van der Waals surface area (Å²) in [6, 6.07) is 1.96. The molecule has 0 spiro atoms. The Bertz CT molecular complexity index is 807. The van der Waals surface area contributed by atoms with Crippen LogP contribution in [0.4, 0.5) is 13.2 Å². The van der Waals surface area contributed by atoms with Gasteiger partial charge in [0.25, 0.3) is 5.91 Å². The van der Waals surface area contributed by atoms with Crippen LogP contribution in [-0.2, 0) is 10.0 Å². The van der Waals surface area contributed by atoms with Gasteiger partial charge in [-0.25, -0.2) is 13.4 Å². The molecule has 2 rings (SSSR count). The minimum absolute atomic E-state index is 0.0474. The summed E-state index contributed by atoms with van der Waals surface area (Å²) < 4.78 is 70.1. The quantitative estimate of drug-likeness (QED) is 0.710. The van der Waals surface area contributed by atoms with Crippen LogP contribution in [-0.4, -0.2) is 47.3 Å². The maximum atomic E-state index is 13.2. The van der Waals surface area contributed by atoms with Crippen molar-refractivity contribution in [3.05, 3.63) is 23.9 Å². The second-order valence-corrected chi connectivity index (χ2v) is 8.95. The number of carbonyl (C=O) groups is 1. The maximum Gasteiger partial charge on any atom is 0.511 e. The van der Waals surface area contributed by atoms with E-state index in [9.17, 15) is 26.4 Å². The van der Waals surface area contributed by atoms with E-state index in [4.69, 9.17) is 10.5 Å². The molecule has 1 saturated carbocycles. The van der Waals surface area contributed by atoms with Gasteiger partial charge < -0.3 is 10.5 Å². The lowest BCUT2D eigenvalue weighted by atomic mass is 10.0. The highest BCUT2D eigenvalue weighted by Gasteiger charge is 2.57. The van der Waals surface area contributed by atoms with Crippen molar-refractivity contribution in [2.24, 2.45) is 11.7 Å². The van der Waals surface area contributed by atoms with Crippen LogP contribution in [0.25, 0.3) is 0 Å². The van der Waals surface area contributed by atoms with Crippen molar-refractivity contribution in [3.63, 3.8) is 0 Å². The fourth-order valence-corrected chi connectivity index (χ4v) is 4.52. The summed E-state index contributed by atoms with van der Waals surface area (Å²) in [4.78, 5) is 15.3. The summed E-state index contributed by atoms with van der Waals surface area (Å²) in [6.45, 7) is 3.68. The summed E-state index contributed by atoms with van der Waals surface area (Å²) >= 11 is 0. The summed E-state index contributed by atoms with van der Waals surface area (Å²) in [5.41, 5.74) is -1.81. The Morgan fingerprint density at radius 1 is 1.41 bits per heavy atom. The molecule has 1 amide bonds. The Kier molecular flexibility index (Phi) is 5.77. The highest BCUT2D eigenvalue weighted by molar-refractivity contribution is 7.90. The number of halogens is 3. The molecule has 0 saturated heterocycles. The molecule has 7 nitrogen and oxygen atoms in total. The lowest BCUT2D eigenvalue weighted by Crippen LogP contribution is -2.59. The van der Waals surface area contributed by atoms with Crippen molar-refractivity contribution in [1.82, 2.24) is 9.29 Å². The number of aromatic nitrogens is 1. The standard InChI is InChI=1S/C16H22F3N3O4S/c1-10(11-6-7-11)22(27(24,25)16(17,18)19)15(2,3)9-26-14-12(13(20)23)5-4-8-21-14/h4-5,8,10-11H,6-7,9H2,1-3H3,(H2,20,23). The van der Waals surface area contributed by atoms with Gasteiger partial charge in [-0.15, -0.1) is 0 Å². The number of sulfonamides is 1. The Morgan fingerprint density at radius 2 is 2.00 bits per heavy atom. The predicted octanol–water partition coefficient (Wildman–Crippen LogP) is 2.29. The first-order valence-corrected chi connectivity index (χ1v) is 9.71. The summed E-state index contributed by atoms with van der Waals surface area (Å²) in [5, 5.41) is 0. The van der Waals surface area contributed by atoms with E-state index in [1.54, 1.807) is 0 Å². The number of hydrogen-bond acceptors (Lipinski definition) is 5. The number of nitrogens with zero attached hydrogens (tertiary/aromatic N) is 2. The highest BCUT2D eigenvalue weighted by atomic mass is 32.2. The molecule has 152 valence electrons. The van der Waals surface area contributed by atoms with E-state index in [1.165, 1.54) is 39.1 Å². The number of amides is 1. The van der Waals surface area contributed by atoms with Crippen molar-refractivity contribution in [1.29, 1.82) is 0 Å². The van der Waals surface area contributed by atoms with Crippen LogP contribution in [0.1, 0.15) is 44.0 Å². The van der Waals surface area contributed by atoms with Crippen molar-refractivity contribution in [2.75, 3.05) is 6.61 Å². The van der Waals surface area contributed by atoms with Gasteiger partial charge in [0.15, 0.2) is 0 Å². The number of pyridine rings is 1. The van der Waals surface area contributed by atoms with Gasteiger partial charge >= 0.3 is 15.5 Å². The molecule has 0 aromatic carbocycles. The molecular weight excluding hydrogens is 387 g/mol. The first kappa shape index (κ1) is 21.4. The SMILES string of the molecule is CC(C1CC1)N(C(C)(C)COc1ncccc1C(N)=O)S(=O)(=O)C(F)(F)F. The average Bonchev–Trinajstić information content (AvgIpc) is 3.36. The van der Waals surface area contributed by atoms with E-state index < -0.39 is 39.6 Å². The van der Waals surface area contributed by atoms with Crippen LogP contribution in [0.5, 0.6) is 5.88 Å². The summed E-state index contributed by atoms with van der Waals surface area (Å²) in [7, 11) is -5.59. The Labute approximate surface area is 155 Å². The third-order valence-corrected chi connectivity index (χ3v) is 6.35. The summed E-state index contributed by atoms with van der Waals surface area (Å²) in [5.74, 6) is -1.12.